The second-order valence-electron chi connectivity index (χ2n) is 5.88. The van der Waals surface area contributed by atoms with Crippen molar-refractivity contribution in [3.8, 4) is 23.0 Å². The van der Waals surface area contributed by atoms with Crippen molar-refractivity contribution < 1.29 is 23.7 Å². The van der Waals surface area contributed by atoms with Gasteiger partial charge in [-0.1, -0.05) is 6.07 Å². The quantitative estimate of drug-likeness (QED) is 0.684. The van der Waals surface area contributed by atoms with Gasteiger partial charge in [-0.15, -0.1) is 12.4 Å². The summed E-state index contributed by atoms with van der Waals surface area (Å²) in [5.41, 5.74) is 7.10. The van der Waals surface area contributed by atoms with E-state index >= 15 is 0 Å². The fourth-order valence-electron chi connectivity index (χ4n) is 2.48. The zero-order valence-electron chi connectivity index (χ0n) is 16.6. The molecule has 0 aliphatic carbocycles. The Morgan fingerprint density at radius 1 is 0.964 bits per heavy atom. The van der Waals surface area contributed by atoms with Gasteiger partial charge in [0.25, 0.3) is 5.91 Å². The van der Waals surface area contributed by atoms with Gasteiger partial charge in [0.1, 0.15) is 0 Å². The van der Waals surface area contributed by atoms with Gasteiger partial charge < -0.3 is 29.6 Å². The van der Waals surface area contributed by atoms with E-state index in [-0.39, 0.29) is 18.3 Å². The number of methoxy groups -OCH3 is 3. The van der Waals surface area contributed by atoms with Crippen LogP contribution in [0.5, 0.6) is 23.0 Å². The van der Waals surface area contributed by atoms with E-state index in [1.54, 1.807) is 50.4 Å². The molecule has 2 N–H and O–H groups in total. The summed E-state index contributed by atoms with van der Waals surface area (Å²) in [6.45, 7) is 1.38. The van der Waals surface area contributed by atoms with Crippen molar-refractivity contribution >= 4 is 18.3 Å². The van der Waals surface area contributed by atoms with Crippen molar-refractivity contribution in [1.82, 2.24) is 4.90 Å². The summed E-state index contributed by atoms with van der Waals surface area (Å²) >= 11 is 0. The van der Waals surface area contributed by atoms with Gasteiger partial charge in [-0.25, -0.2) is 0 Å². The molecule has 0 aliphatic rings. The van der Waals surface area contributed by atoms with Gasteiger partial charge in [-0.3, -0.25) is 4.79 Å². The molecule has 0 radical (unpaired) electrons. The first-order valence-corrected chi connectivity index (χ1v) is 8.51. The van der Waals surface area contributed by atoms with Crippen LogP contribution in [0.1, 0.15) is 15.9 Å². The summed E-state index contributed by atoms with van der Waals surface area (Å²) < 4.78 is 21.7. The second kappa shape index (κ2) is 11.4. The molecular weight excluding hydrogens is 384 g/mol. The van der Waals surface area contributed by atoms with Crippen LogP contribution < -0.4 is 19.9 Å². The Bertz CT molecular complexity index is 785. The zero-order valence-corrected chi connectivity index (χ0v) is 17.4. The topological polar surface area (TPSA) is 83.2 Å². The van der Waals surface area contributed by atoms with Crippen LogP contribution in [0.15, 0.2) is 36.4 Å². The van der Waals surface area contributed by atoms with E-state index in [0.717, 1.165) is 5.56 Å². The molecule has 0 unspecified atom stereocenters. The molecule has 0 fully saturated rings. The molecule has 0 spiro atoms. The highest BCUT2D eigenvalue weighted by molar-refractivity contribution is 5.94. The van der Waals surface area contributed by atoms with Gasteiger partial charge in [-0.05, 0) is 35.9 Å². The van der Waals surface area contributed by atoms with Crippen molar-refractivity contribution in [2.75, 3.05) is 41.5 Å². The van der Waals surface area contributed by atoms with E-state index in [4.69, 9.17) is 24.7 Å². The van der Waals surface area contributed by atoms with Crippen LogP contribution >= 0.6 is 12.4 Å². The number of nitrogens with two attached hydrogens (primary N) is 1. The predicted molar refractivity (Wildman–Crippen MR) is 110 cm³/mol. The maximum atomic E-state index is 12.5. The number of likely N-dealkylation sites (N-methyl/N-ethyl adjacent to an activating group) is 1. The third kappa shape index (κ3) is 5.76. The lowest BCUT2D eigenvalue weighted by Crippen LogP contribution is -2.29. The SMILES string of the molecule is COCCN(C)C(=O)c1ccc(Oc2ccc(CN)cc2OC)c(OC)c1.Cl. The van der Waals surface area contributed by atoms with Gasteiger partial charge in [0.2, 0.25) is 0 Å². The second-order valence-corrected chi connectivity index (χ2v) is 5.88. The summed E-state index contributed by atoms with van der Waals surface area (Å²) in [5, 5.41) is 0. The number of hydrogen-bond acceptors (Lipinski definition) is 6. The average Bonchev–Trinajstić information content (AvgIpc) is 2.71. The molecule has 7 nitrogen and oxygen atoms in total. The minimum Gasteiger partial charge on any atom is -0.493 e. The van der Waals surface area contributed by atoms with Crippen LogP contribution in [-0.2, 0) is 11.3 Å². The fraction of sp³-hybridized carbons (Fsp3) is 0.350. The van der Waals surface area contributed by atoms with E-state index < -0.39 is 0 Å². The van der Waals surface area contributed by atoms with Crippen LogP contribution in [-0.4, -0.2) is 52.3 Å². The van der Waals surface area contributed by atoms with Gasteiger partial charge in [0.05, 0.1) is 20.8 Å². The molecule has 0 heterocycles. The van der Waals surface area contributed by atoms with Crippen molar-refractivity contribution in [3.05, 3.63) is 47.5 Å². The highest BCUT2D eigenvalue weighted by atomic mass is 35.5. The summed E-state index contributed by atoms with van der Waals surface area (Å²) in [5.74, 6) is 1.91. The van der Waals surface area contributed by atoms with E-state index in [0.29, 0.717) is 48.3 Å². The molecule has 1 amide bonds. The largest absolute Gasteiger partial charge is 0.493 e. The Hall–Kier alpha value is -2.48. The number of benzene rings is 2. The van der Waals surface area contributed by atoms with Crippen LogP contribution in [0.2, 0.25) is 0 Å². The Balaban J connectivity index is 0.00000392. The van der Waals surface area contributed by atoms with Gasteiger partial charge in [-0.2, -0.15) is 0 Å². The molecule has 0 aliphatic heterocycles. The number of hydrogen-bond donors (Lipinski definition) is 1. The summed E-state index contributed by atoms with van der Waals surface area (Å²) in [6, 6.07) is 10.5. The Kier molecular flexibility index (Phi) is 9.58. The van der Waals surface area contributed by atoms with Gasteiger partial charge >= 0.3 is 0 Å². The summed E-state index contributed by atoms with van der Waals surface area (Å²) in [6.07, 6.45) is 0. The molecule has 0 saturated heterocycles. The Morgan fingerprint density at radius 2 is 1.57 bits per heavy atom. The molecule has 28 heavy (non-hydrogen) atoms. The fourth-order valence-corrected chi connectivity index (χ4v) is 2.48. The van der Waals surface area contributed by atoms with E-state index in [2.05, 4.69) is 0 Å². The number of rotatable bonds is 9. The smallest absolute Gasteiger partial charge is 0.253 e. The van der Waals surface area contributed by atoms with Crippen LogP contribution in [0.25, 0.3) is 0 Å². The van der Waals surface area contributed by atoms with Crippen molar-refractivity contribution in [1.29, 1.82) is 0 Å². The van der Waals surface area contributed by atoms with E-state index in [9.17, 15) is 4.79 Å². The predicted octanol–water partition coefficient (Wildman–Crippen LogP) is 3.10. The maximum Gasteiger partial charge on any atom is 0.253 e. The highest BCUT2D eigenvalue weighted by Gasteiger charge is 2.16. The maximum absolute atomic E-state index is 12.5. The van der Waals surface area contributed by atoms with E-state index in [1.165, 1.54) is 7.11 Å². The van der Waals surface area contributed by atoms with Gasteiger partial charge in [0.15, 0.2) is 23.0 Å². The third-order valence-electron chi connectivity index (χ3n) is 4.07. The molecule has 8 heteroatoms. The third-order valence-corrected chi connectivity index (χ3v) is 4.07. The van der Waals surface area contributed by atoms with Crippen LogP contribution in [0, 0.1) is 0 Å². The Labute approximate surface area is 171 Å². The first kappa shape index (κ1) is 23.6. The first-order chi connectivity index (χ1) is 13.0. The van der Waals surface area contributed by atoms with Crippen molar-refractivity contribution in [2.45, 2.75) is 6.54 Å². The molecule has 0 bridgehead atoms. The minimum atomic E-state index is -0.123. The van der Waals surface area contributed by atoms with Gasteiger partial charge in [0, 0.05) is 32.8 Å². The van der Waals surface area contributed by atoms with Crippen LogP contribution in [0.3, 0.4) is 0 Å². The lowest BCUT2D eigenvalue weighted by Gasteiger charge is -2.18. The minimum absolute atomic E-state index is 0. The molecule has 2 aromatic carbocycles. The standard InChI is InChI=1S/C20H26N2O5.ClH/c1-22(9-10-24-2)20(23)15-6-8-17(19(12-15)26-4)27-16-7-5-14(13-21)11-18(16)25-3;/h5-8,11-12H,9-10,13,21H2,1-4H3;1H. The molecular formula is C20H27ClN2O5. The van der Waals surface area contributed by atoms with Crippen molar-refractivity contribution in [3.63, 3.8) is 0 Å². The van der Waals surface area contributed by atoms with Crippen LogP contribution in [0.4, 0.5) is 0 Å². The molecule has 0 saturated carbocycles. The molecule has 0 aromatic heterocycles. The summed E-state index contributed by atoms with van der Waals surface area (Å²) in [7, 11) is 6.42. The number of ether oxygens (including phenoxy) is 4. The number of carbonyl (C=O) groups excluding carboxylic acids is 1. The number of halogens is 1. The normalized spacial score (nSPS) is 10.0. The molecule has 2 aromatic rings. The summed E-state index contributed by atoms with van der Waals surface area (Å²) in [4.78, 5) is 14.1. The molecule has 2 rings (SSSR count). The molecule has 0 atom stereocenters. The number of carbonyl (C=O) groups is 1. The number of nitrogens with zero attached hydrogens (tertiary/aromatic N) is 1. The molecule has 154 valence electrons. The lowest BCUT2D eigenvalue weighted by molar-refractivity contribution is 0.0744. The Morgan fingerprint density at radius 3 is 2.14 bits per heavy atom. The average molecular weight is 411 g/mol. The first-order valence-electron chi connectivity index (χ1n) is 8.51. The lowest BCUT2D eigenvalue weighted by atomic mass is 10.1. The van der Waals surface area contributed by atoms with Crippen molar-refractivity contribution in [2.24, 2.45) is 5.73 Å². The highest BCUT2D eigenvalue weighted by Crippen LogP contribution is 2.37. The van der Waals surface area contributed by atoms with E-state index in [1.807, 2.05) is 12.1 Å². The number of amides is 1. The monoisotopic (exact) mass is 410 g/mol. The zero-order chi connectivity index (χ0) is 19.8.